The van der Waals surface area contributed by atoms with Gasteiger partial charge in [0.15, 0.2) is 0 Å². The van der Waals surface area contributed by atoms with Crippen LogP contribution in [0.4, 0.5) is 8.78 Å². The van der Waals surface area contributed by atoms with Crippen molar-refractivity contribution in [3.05, 3.63) is 29.8 Å². The number of nitrogens with one attached hydrogen (secondary N) is 1. The first-order valence-electron chi connectivity index (χ1n) is 6.45. The molecule has 112 valence electrons. The minimum Gasteiger partial charge on any atom is -0.480 e. The van der Waals surface area contributed by atoms with Crippen LogP contribution >= 0.6 is 11.8 Å². The Labute approximate surface area is 121 Å². The van der Waals surface area contributed by atoms with Crippen molar-refractivity contribution in [3.8, 4) is 0 Å². The number of carboxylic acid groups (broad SMARTS) is 1. The van der Waals surface area contributed by atoms with Crippen molar-refractivity contribution in [1.29, 1.82) is 0 Å². The molecule has 1 aromatic rings. The Balaban J connectivity index is 2.50. The molecule has 20 heavy (non-hydrogen) atoms. The fourth-order valence-corrected chi connectivity index (χ4v) is 2.86. The number of likely N-dealkylation sites (N-methyl/N-ethyl adjacent to an activating group) is 1. The maximum absolute atomic E-state index is 13.4. The zero-order valence-electron chi connectivity index (χ0n) is 11.6. The van der Waals surface area contributed by atoms with Crippen LogP contribution in [0.2, 0.25) is 0 Å². The van der Waals surface area contributed by atoms with Gasteiger partial charge in [0.1, 0.15) is 17.2 Å². The molecule has 0 fully saturated rings. The molecular formula is C14H19F2NO2S. The molecule has 0 saturated carbocycles. The number of benzene rings is 1. The van der Waals surface area contributed by atoms with E-state index in [1.165, 1.54) is 23.9 Å². The van der Waals surface area contributed by atoms with Gasteiger partial charge >= 0.3 is 5.97 Å². The van der Waals surface area contributed by atoms with Gasteiger partial charge in [-0.25, -0.2) is 8.78 Å². The first-order chi connectivity index (χ1) is 9.45. The molecule has 0 bridgehead atoms. The van der Waals surface area contributed by atoms with Crippen molar-refractivity contribution < 1.29 is 18.7 Å². The summed E-state index contributed by atoms with van der Waals surface area (Å²) < 4.78 is 26.2. The van der Waals surface area contributed by atoms with E-state index in [1.807, 2.05) is 6.92 Å². The van der Waals surface area contributed by atoms with Gasteiger partial charge < -0.3 is 10.4 Å². The van der Waals surface area contributed by atoms with Crippen LogP contribution in [0.3, 0.4) is 0 Å². The summed E-state index contributed by atoms with van der Waals surface area (Å²) in [7, 11) is 1.63. The Hall–Kier alpha value is -1.14. The summed E-state index contributed by atoms with van der Waals surface area (Å²) in [4.78, 5) is 11.7. The minimum atomic E-state index is -0.929. The molecule has 1 unspecified atom stereocenters. The Kier molecular flexibility index (Phi) is 6.42. The number of thioether (sulfide) groups is 1. The molecule has 0 spiro atoms. The summed E-state index contributed by atoms with van der Waals surface area (Å²) in [6, 6.07) is 3.47. The average Bonchev–Trinajstić information content (AvgIpc) is 2.41. The van der Waals surface area contributed by atoms with Crippen LogP contribution in [-0.4, -0.2) is 29.4 Å². The molecule has 0 aliphatic rings. The van der Waals surface area contributed by atoms with E-state index in [1.54, 1.807) is 7.05 Å². The Bertz CT molecular complexity index is 464. The van der Waals surface area contributed by atoms with Crippen molar-refractivity contribution in [2.75, 3.05) is 12.8 Å². The van der Waals surface area contributed by atoms with E-state index in [4.69, 9.17) is 0 Å². The lowest BCUT2D eigenvalue weighted by Gasteiger charge is -2.27. The van der Waals surface area contributed by atoms with E-state index in [2.05, 4.69) is 5.32 Å². The van der Waals surface area contributed by atoms with Crippen LogP contribution in [0.5, 0.6) is 0 Å². The summed E-state index contributed by atoms with van der Waals surface area (Å²) >= 11 is 1.27. The lowest BCUT2D eigenvalue weighted by atomic mass is 9.91. The first kappa shape index (κ1) is 16.9. The number of carboxylic acids is 1. The van der Waals surface area contributed by atoms with Crippen LogP contribution in [0, 0.1) is 11.6 Å². The van der Waals surface area contributed by atoms with E-state index < -0.39 is 23.1 Å². The number of carbonyl (C=O) groups is 1. The lowest BCUT2D eigenvalue weighted by Crippen LogP contribution is -2.49. The molecule has 1 rings (SSSR count). The standard InChI is InChI=1S/C14H19F2NO2S/c1-3-14(17-2,13(18)19)7-4-8-20-12-6-5-10(15)9-11(12)16/h5-6,9,17H,3-4,7-8H2,1-2H3,(H,18,19). The third kappa shape index (κ3) is 4.18. The van der Waals surface area contributed by atoms with Crippen LogP contribution in [0.15, 0.2) is 23.1 Å². The summed E-state index contributed by atoms with van der Waals surface area (Å²) in [6.45, 7) is 1.82. The summed E-state index contributed by atoms with van der Waals surface area (Å²) in [5.41, 5.74) is -0.929. The maximum atomic E-state index is 13.4. The predicted octanol–water partition coefficient (Wildman–Crippen LogP) is 3.29. The largest absolute Gasteiger partial charge is 0.480 e. The van der Waals surface area contributed by atoms with E-state index >= 15 is 0 Å². The second-order valence-corrected chi connectivity index (χ2v) is 5.65. The SMILES string of the molecule is CCC(CCCSc1ccc(F)cc1F)(NC)C(=O)O. The Morgan fingerprint density at radius 2 is 2.15 bits per heavy atom. The van der Waals surface area contributed by atoms with Crippen LogP contribution in [0.1, 0.15) is 26.2 Å². The molecule has 6 heteroatoms. The molecule has 0 saturated heterocycles. The van der Waals surface area contributed by atoms with Gasteiger partial charge in [-0.05, 0) is 44.2 Å². The van der Waals surface area contributed by atoms with E-state index in [0.717, 1.165) is 6.07 Å². The second kappa shape index (κ2) is 7.59. The van der Waals surface area contributed by atoms with Gasteiger partial charge in [0.25, 0.3) is 0 Å². The van der Waals surface area contributed by atoms with Gasteiger partial charge in [-0.2, -0.15) is 0 Å². The molecule has 0 aliphatic carbocycles. The molecule has 0 amide bonds. The molecule has 0 radical (unpaired) electrons. The van der Waals surface area contributed by atoms with Crippen molar-refractivity contribution in [2.24, 2.45) is 0 Å². The van der Waals surface area contributed by atoms with Gasteiger partial charge in [-0.15, -0.1) is 11.8 Å². The van der Waals surface area contributed by atoms with Crippen molar-refractivity contribution in [1.82, 2.24) is 5.32 Å². The second-order valence-electron chi connectivity index (χ2n) is 4.52. The zero-order valence-corrected chi connectivity index (χ0v) is 12.4. The Morgan fingerprint density at radius 3 is 2.65 bits per heavy atom. The maximum Gasteiger partial charge on any atom is 0.323 e. The molecule has 1 aromatic carbocycles. The van der Waals surface area contributed by atoms with Gasteiger partial charge in [0.2, 0.25) is 0 Å². The van der Waals surface area contributed by atoms with Crippen LogP contribution in [0.25, 0.3) is 0 Å². The van der Waals surface area contributed by atoms with E-state index in [9.17, 15) is 18.7 Å². The number of halogens is 2. The molecular weight excluding hydrogens is 284 g/mol. The molecule has 3 nitrogen and oxygen atoms in total. The highest BCUT2D eigenvalue weighted by Crippen LogP contribution is 2.25. The normalized spacial score (nSPS) is 14.0. The third-order valence-electron chi connectivity index (χ3n) is 3.39. The molecule has 0 aromatic heterocycles. The van der Waals surface area contributed by atoms with Crippen molar-refractivity contribution in [2.45, 2.75) is 36.6 Å². The molecule has 2 N–H and O–H groups in total. The molecule has 0 aliphatic heterocycles. The smallest absolute Gasteiger partial charge is 0.323 e. The van der Waals surface area contributed by atoms with Gasteiger partial charge in [0.05, 0.1) is 0 Å². The summed E-state index contributed by atoms with van der Waals surface area (Å²) in [6.07, 6.45) is 1.57. The lowest BCUT2D eigenvalue weighted by molar-refractivity contribution is -0.145. The minimum absolute atomic E-state index is 0.383. The fraction of sp³-hybridized carbons (Fsp3) is 0.500. The number of rotatable bonds is 8. The molecule has 0 heterocycles. The topological polar surface area (TPSA) is 49.3 Å². The van der Waals surface area contributed by atoms with E-state index in [0.29, 0.717) is 29.9 Å². The van der Waals surface area contributed by atoms with Gasteiger partial charge in [-0.1, -0.05) is 6.92 Å². The average molecular weight is 303 g/mol. The zero-order chi connectivity index (χ0) is 15.2. The van der Waals surface area contributed by atoms with Gasteiger partial charge in [0, 0.05) is 11.0 Å². The highest BCUT2D eigenvalue weighted by molar-refractivity contribution is 7.99. The highest BCUT2D eigenvalue weighted by atomic mass is 32.2. The van der Waals surface area contributed by atoms with Crippen LogP contribution in [-0.2, 0) is 4.79 Å². The van der Waals surface area contributed by atoms with Crippen molar-refractivity contribution in [3.63, 3.8) is 0 Å². The summed E-state index contributed by atoms with van der Waals surface area (Å²) in [5.74, 6) is -1.47. The number of hydrogen-bond donors (Lipinski definition) is 2. The third-order valence-corrected chi connectivity index (χ3v) is 4.53. The highest BCUT2D eigenvalue weighted by Gasteiger charge is 2.33. The first-order valence-corrected chi connectivity index (χ1v) is 7.44. The monoisotopic (exact) mass is 303 g/mol. The number of hydrogen-bond acceptors (Lipinski definition) is 3. The van der Waals surface area contributed by atoms with Gasteiger partial charge in [-0.3, -0.25) is 4.79 Å². The number of aliphatic carboxylic acids is 1. The molecule has 1 atom stereocenters. The van der Waals surface area contributed by atoms with Crippen LogP contribution < -0.4 is 5.32 Å². The Morgan fingerprint density at radius 1 is 1.45 bits per heavy atom. The van der Waals surface area contributed by atoms with Crippen molar-refractivity contribution >= 4 is 17.7 Å². The summed E-state index contributed by atoms with van der Waals surface area (Å²) in [5, 5.41) is 12.1. The van der Waals surface area contributed by atoms with E-state index in [-0.39, 0.29) is 0 Å². The predicted molar refractivity (Wildman–Crippen MR) is 76.0 cm³/mol. The quantitative estimate of drug-likeness (QED) is 0.571. The fourth-order valence-electron chi connectivity index (χ4n) is 1.99.